The smallest absolute Gasteiger partial charge is 0.278 e. The third-order valence-corrected chi connectivity index (χ3v) is 6.30. The van der Waals surface area contributed by atoms with Crippen LogP contribution in [0.5, 0.6) is 5.75 Å². The number of aromatic amines is 1. The minimum absolute atomic E-state index is 0.00639. The van der Waals surface area contributed by atoms with Gasteiger partial charge in [0.25, 0.3) is 5.92 Å². The van der Waals surface area contributed by atoms with Crippen LogP contribution >= 0.6 is 0 Å². The number of fused-ring (bicyclic) bond motifs is 1. The molecule has 3 aromatic heterocycles. The molecular formula is C18H23F2N7O3S. The highest BCUT2D eigenvalue weighted by Crippen LogP contribution is 2.34. The Bertz CT molecular complexity index is 1150. The number of ether oxygens (including phenoxy) is 1. The lowest BCUT2D eigenvalue weighted by Gasteiger charge is -2.30. The number of aromatic nitrogens is 5. The summed E-state index contributed by atoms with van der Waals surface area (Å²) in [6, 6.07) is 1.69. The van der Waals surface area contributed by atoms with E-state index in [-0.39, 0.29) is 11.8 Å². The van der Waals surface area contributed by atoms with Crippen LogP contribution in [0, 0.1) is 0 Å². The molecule has 1 aliphatic rings. The Morgan fingerprint density at radius 3 is 2.71 bits per heavy atom. The van der Waals surface area contributed by atoms with E-state index < -0.39 is 22.6 Å². The SMILES string of the molecule is CC(F)(F)COc1c(-c2cn[nH]c2)ccn2nc(NC3CCN(S(C)(=O)=O)CC3)nc12. The molecule has 1 aliphatic heterocycles. The van der Waals surface area contributed by atoms with E-state index in [1.165, 1.54) is 15.1 Å². The topological polar surface area (TPSA) is 118 Å². The third-order valence-electron chi connectivity index (χ3n) is 5.00. The summed E-state index contributed by atoms with van der Waals surface area (Å²) in [6.07, 6.45) is 7.27. The first kappa shape index (κ1) is 21.4. The number of anilines is 1. The van der Waals surface area contributed by atoms with Crippen LogP contribution in [-0.4, -0.2) is 75.4 Å². The number of piperidine rings is 1. The van der Waals surface area contributed by atoms with Crippen molar-refractivity contribution in [1.29, 1.82) is 0 Å². The molecule has 0 spiro atoms. The van der Waals surface area contributed by atoms with Crippen molar-refractivity contribution in [1.82, 2.24) is 29.1 Å². The fourth-order valence-electron chi connectivity index (χ4n) is 3.47. The van der Waals surface area contributed by atoms with Crippen molar-refractivity contribution >= 4 is 21.6 Å². The van der Waals surface area contributed by atoms with Gasteiger partial charge in [0.15, 0.2) is 18.0 Å². The zero-order valence-electron chi connectivity index (χ0n) is 17.0. The Balaban J connectivity index is 1.59. The van der Waals surface area contributed by atoms with Gasteiger partial charge in [0.2, 0.25) is 16.0 Å². The maximum Gasteiger partial charge on any atom is 0.278 e. The van der Waals surface area contributed by atoms with Gasteiger partial charge in [-0.25, -0.2) is 26.0 Å². The first-order chi connectivity index (χ1) is 14.6. The first-order valence-electron chi connectivity index (χ1n) is 9.71. The van der Waals surface area contributed by atoms with Gasteiger partial charge in [-0.05, 0) is 18.9 Å². The summed E-state index contributed by atoms with van der Waals surface area (Å²) in [7, 11) is -3.21. The molecule has 0 saturated carbocycles. The van der Waals surface area contributed by atoms with Gasteiger partial charge < -0.3 is 10.1 Å². The molecular weight excluding hydrogens is 432 g/mol. The summed E-state index contributed by atoms with van der Waals surface area (Å²) < 4.78 is 58.7. The van der Waals surface area contributed by atoms with E-state index in [1.807, 2.05) is 0 Å². The van der Waals surface area contributed by atoms with Crippen LogP contribution in [0.15, 0.2) is 24.7 Å². The zero-order valence-corrected chi connectivity index (χ0v) is 17.9. The van der Waals surface area contributed by atoms with Gasteiger partial charge >= 0.3 is 0 Å². The van der Waals surface area contributed by atoms with Gasteiger partial charge in [-0.2, -0.15) is 10.1 Å². The normalized spacial score (nSPS) is 16.6. The van der Waals surface area contributed by atoms with Crippen molar-refractivity contribution in [3.8, 4) is 16.9 Å². The van der Waals surface area contributed by atoms with Gasteiger partial charge in [0.05, 0.1) is 12.5 Å². The number of nitrogens with zero attached hydrogens (tertiary/aromatic N) is 5. The van der Waals surface area contributed by atoms with Gasteiger partial charge in [-0.15, -0.1) is 5.10 Å². The van der Waals surface area contributed by atoms with Crippen molar-refractivity contribution in [3.63, 3.8) is 0 Å². The molecule has 0 radical (unpaired) electrons. The van der Waals surface area contributed by atoms with Crippen molar-refractivity contribution in [2.24, 2.45) is 0 Å². The standard InChI is InChI=1S/C18H23F2N7O3S/c1-18(19,20)11-30-15-14(12-9-21-22-10-12)5-8-27-16(15)24-17(25-27)23-13-3-6-26(7-4-13)31(2,28)29/h5,8-10,13H,3-4,6-7,11H2,1-2H3,(H,21,22)(H,23,25). The van der Waals surface area contributed by atoms with Gasteiger partial charge in [0.1, 0.15) is 0 Å². The van der Waals surface area contributed by atoms with E-state index in [2.05, 4.69) is 25.6 Å². The molecule has 13 heteroatoms. The van der Waals surface area contributed by atoms with Crippen molar-refractivity contribution in [3.05, 3.63) is 24.7 Å². The quantitative estimate of drug-likeness (QED) is 0.559. The lowest BCUT2D eigenvalue weighted by atomic mass is 10.1. The average molecular weight is 455 g/mol. The first-order valence-corrected chi connectivity index (χ1v) is 11.6. The number of alkyl halides is 2. The van der Waals surface area contributed by atoms with Crippen LogP contribution in [0.2, 0.25) is 0 Å². The fourth-order valence-corrected chi connectivity index (χ4v) is 4.34. The number of nitrogens with one attached hydrogen (secondary N) is 2. The number of halogens is 2. The van der Waals surface area contributed by atoms with Crippen LogP contribution < -0.4 is 10.1 Å². The van der Waals surface area contributed by atoms with Crippen molar-refractivity contribution in [2.75, 3.05) is 31.3 Å². The van der Waals surface area contributed by atoms with E-state index >= 15 is 0 Å². The Hall–Kier alpha value is -2.80. The molecule has 4 heterocycles. The number of H-pyrrole nitrogens is 1. The monoisotopic (exact) mass is 455 g/mol. The molecule has 3 aromatic rings. The molecule has 10 nitrogen and oxygen atoms in total. The molecule has 0 aliphatic carbocycles. The molecule has 168 valence electrons. The zero-order chi connectivity index (χ0) is 22.2. The highest BCUT2D eigenvalue weighted by molar-refractivity contribution is 7.88. The van der Waals surface area contributed by atoms with Gasteiger partial charge in [-0.1, -0.05) is 0 Å². The summed E-state index contributed by atoms with van der Waals surface area (Å²) >= 11 is 0. The van der Waals surface area contributed by atoms with E-state index in [1.54, 1.807) is 24.7 Å². The Morgan fingerprint density at radius 2 is 2.10 bits per heavy atom. The van der Waals surface area contributed by atoms with Crippen LogP contribution in [0.1, 0.15) is 19.8 Å². The summed E-state index contributed by atoms with van der Waals surface area (Å²) in [4.78, 5) is 4.45. The molecule has 4 rings (SSSR count). The van der Waals surface area contributed by atoms with E-state index in [4.69, 9.17) is 4.74 Å². The van der Waals surface area contributed by atoms with Crippen molar-refractivity contribution in [2.45, 2.75) is 31.7 Å². The summed E-state index contributed by atoms with van der Waals surface area (Å²) in [5.41, 5.74) is 1.52. The molecule has 0 atom stereocenters. The second-order valence-corrected chi connectivity index (χ2v) is 9.67. The maximum absolute atomic E-state index is 13.5. The summed E-state index contributed by atoms with van der Waals surface area (Å²) in [5.74, 6) is -2.53. The second-order valence-electron chi connectivity index (χ2n) is 7.69. The van der Waals surface area contributed by atoms with Crippen LogP contribution in [0.25, 0.3) is 16.8 Å². The molecule has 0 bridgehead atoms. The predicted octanol–water partition coefficient (Wildman–Crippen LogP) is 1.99. The Labute approximate surface area is 177 Å². The lowest BCUT2D eigenvalue weighted by molar-refractivity contribution is -0.0225. The molecule has 0 aromatic carbocycles. The maximum atomic E-state index is 13.5. The summed E-state index contributed by atoms with van der Waals surface area (Å²) in [6.45, 7) is 0.796. The number of rotatable bonds is 7. The number of hydrogen-bond donors (Lipinski definition) is 2. The average Bonchev–Trinajstić information content (AvgIpc) is 3.34. The predicted molar refractivity (Wildman–Crippen MR) is 110 cm³/mol. The largest absolute Gasteiger partial charge is 0.483 e. The fraction of sp³-hybridized carbons (Fsp3) is 0.500. The highest BCUT2D eigenvalue weighted by Gasteiger charge is 2.27. The molecule has 1 saturated heterocycles. The summed E-state index contributed by atoms with van der Waals surface area (Å²) in [5, 5.41) is 14.2. The lowest BCUT2D eigenvalue weighted by Crippen LogP contribution is -2.41. The third kappa shape index (κ3) is 4.93. The molecule has 0 unspecified atom stereocenters. The molecule has 31 heavy (non-hydrogen) atoms. The minimum atomic E-state index is -3.21. The van der Waals surface area contributed by atoms with Gasteiger partial charge in [0, 0.05) is 49.6 Å². The van der Waals surface area contributed by atoms with E-state index in [0.29, 0.717) is 48.7 Å². The van der Waals surface area contributed by atoms with Crippen LogP contribution in [0.4, 0.5) is 14.7 Å². The molecule has 1 fully saturated rings. The number of hydrogen-bond acceptors (Lipinski definition) is 7. The van der Waals surface area contributed by atoms with E-state index in [0.717, 1.165) is 6.92 Å². The number of sulfonamides is 1. The van der Waals surface area contributed by atoms with E-state index in [9.17, 15) is 17.2 Å². The minimum Gasteiger partial charge on any atom is -0.483 e. The Kier molecular flexibility index (Phi) is 5.56. The Morgan fingerprint density at radius 1 is 1.35 bits per heavy atom. The molecule has 2 N–H and O–H groups in total. The van der Waals surface area contributed by atoms with Crippen molar-refractivity contribution < 1.29 is 21.9 Å². The van der Waals surface area contributed by atoms with Crippen LogP contribution in [-0.2, 0) is 10.0 Å². The molecule has 0 amide bonds. The van der Waals surface area contributed by atoms with Gasteiger partial charge in [-0.3, -0.25) is 5.10 Å². The number of pyridine rings is 1. The van der Waals surface area contributed by atoms with Crippen LogP contribution in [0.3, 0.4) is 0 Å². The second kappa shape index (κ2) is 8.04. The highest BCUT2D eigenvalue weighted by atomic mass is 32.2.